The number of ether oxygens (including phenoxy) is 1. The van der Waals surface area contributed by atoms with Gasteiger partial charge in [0.05, 0.1) is 29.4 Å². The van der Waals surface area contributed by atoms with Crippen LogP contribution in [-0.2, 0) is 14.0 Å². The minimum atomic E-state index is -0.654. The molecule has 2 fully saturated rings. The van der Waals surface area contributed by atoms with E-state index in [1.54, 1.807) is 13.0 Å². The van der Waals surface area contributed by atoms with Crippen LogP contribution in [0.2, 0.25) is 0 Å². The number of nitrogens with one attached hydrogen (secondary N) is 1. The lowest BCUT2D eigenvalue weighted by Gasteiger charge is -2.32. The zero-order valence-electron chi connectivity index (χ0n) is 15.4. The molecule has 0 saturated carbocycles. The van der Waals surface area contributed by atoms with Crippen LogP contribution in [0, 0.1) is 12.7 Å². The highest BCUT2D eigenvalue weighted by Gasteiger charge is 2.51. The summed E-state index contributed by atoms with van der Waals surface area (Å²) in [6, 6.07) is 3.02. The van der Waals surface area contributed by atoms with Crippen LogP contribution in [0.3, 0.4) is 0 Å². The summed E-state index contributed by atoms with van der Waals surface area (Å²) in [6.07, 6.45) is 0.748. The summed E-state index contributed by atoms with van der Waals surface area (Å²) in [5.74, 6) is -0.980. The van der Waals surface area contributed by atoms with E-state index >= 15 is 0 Å². The highest BCUT2D eigenvalue weighted by atomic mass is 19.1. The molecule has 7 heteroatoms. The topological polar surface area (TPSA) is 56.8 Å². The van der Waals surface area contributed by atoms with Crippen LogP contribution in [0.4, 0.5) is 4.39 Å². The van der Waals surface area contributed by atoms with E-state index in [-0.39, 0.29) is 11.6 Å². The number of carbonyl (C=O) groups is 1. The van der Waals surface area contributed by atoms with E-state index in [1.807, 2.05) is 27.7 Å². The van der Waals surface area contributed by atoms with Crippen LogP contribution in [0.25, 0.3) is 0 Å². The molecular formula is C18H25BFNO4. The molecular weight excluding hydrogens is 324 g/mol. The third kappa shape index (κ3) is 3.45. The third-order valence-corrected chi connectivity index (χ3v) is 5.33. The van der Waals surface area contributed by atoms with Crippen molar-refractivity contribution < 1.29 is 23.2 Å². The van der Waals surface area contributed by atoms with E-state index in [4.69, 9.17) is 14.0 Å². The van der Waals surface area contributed by atoms with Crippen molar-refractivity contribution in [2.24, 2.45) is 0 Å². The van der Waals surface area contributed by atoms with Gasteiger partial charge in [0, 0.05) is 6.61 Å². The van der Waals surface area contributed by atoms with E-state index < -0.39 is 30.0 Å². The van der Waals surface area contributed by atoms with Gasteiger partial charge in [-0.15, -0.1) is 0 Å². The Morgan fingerprint density at radius 2 is 1.88 bits per heavy atom. The van der Waals surface area contributed by atoms with Crippen LogP contribution >= 0.6 is 0 Å². The van der Waals surface area contributed by atoms with Gasteiger partial charge in [0.2, 0.25) is 0 Å². The summed E-state index contributed by atoms with van der Waals surface area (Å²) in [6.45, 7) is 10.6. The maximum absolute atomic E-state index is 14.7. The van der Waals surface area contributed by atoms with Crippen LogP contribution in [0.15, 0.2) is 12.1 Å². The lowest BCUT2D eigenvalue weighted by molar-refractivity contribution is 0.00578. The van der Waals surface area contributed by atoms with Gasteiger partial charge in [-0.1, -0.05) is 6.07 Å². The van der Waals surface area contributed by atoms with Crippen LogP contribution in [0.1, 0.15) is 50.0 Å². The number of rotatable bonds is 3. The van der Waals surface area contributed by atoms with Gasteiger partial charge in [-0.25, -0.2) is 4.39 Å². The second kappa shape index (κ2) is 6.38. The highest BCUT2D eigenvalue weighted by molar-refractivity contribution is 6.62. The second-order valence-electron chi connectivity index (χ2n) is 7.82. The predicted octanol–water partition coefficient (Wildman–Crippen LogP) is 1.95. The normalized spacial score (nSPS) is 24.6. The minimum Gasteiger partial charge on any atom is -0.399 e. The lowest BCUT2D eigenvalue weighted by Crippen LogP contribution is -2.41. The van der Waals surface area contributed by atoms with Crippen molar-refractivity contribution in [1.29, 1.82) is 0 Å². The molecule has 1 amide bonds. The molecule has 0 spiro atoms. The molecule has 1 unspecified atom stereocenters. The first kappa shape index (κ1) is 18.4. The lowest BCUT2D eigenvalue weighted by atomic mass is 9.77. The van der Waals surface area contributed by atoms with Gasteiger partial charge in [-0.3, -0.25) is 4.79 Å². The average Bonchev–Trinajstić information content (AvgIpc) is 3.04. The Morgan fingerprint density at radius 3 is 2.40 bits per heavy atom. The van der Waals surface area contributed by atoms with Gasteiger partial charge in [0.25, 0.3) is 5.91 Å². The summed E-state index contributed by atoms with van der Waals surface area (Å²) in [5.41, 5.74) is 0.198. The molecule has 1 atom stereocenters. The predicted molar refractivity (Wildman–Crippen MR) is 93.5 cm³/mol. The SMILES string of the molecule is Cc1cc(B2OC(C)(C)C(C)(C)O2)cc(F)c1C(=O)NC1CCOC1. The molecule has 1 aromatic carbocycles. The fourth-order valence-electron chi connectivity index (χ4n) is 3.08. The summed E-state index contributed by atoms with van der Waals surface area (Å²) in [5, 5.41) is 2.83. The standard InChI is InChI=1S/C18H25BFNO4/c1-11-8-12(19-24-17(2,3)18(4,5)25-19)9-14(20)15(11)16(22)21-13-6-7-23-10-13/h8-9,13H,6-7,10H2,1-5H3,(H,21,22). The molecule has 0 bridgehead atoms. The Kier molecular flexibility index (Phi) is 4.68. The van der Waals surface area contributed by atoms with Crippen molar-refractivity contribution in [1.82, 2.24) is 5.32 Å². The summed E-state index contributed by atoms with van der Waals surface area (Å²) in [7, 11) is -0.654. The quantitative estimate of drug-likeness (QED) is 0.848. The number of hydrogen-bond acceptors (Lipinski definition) is 4. The summed E-state index contributed by atoms with van der Waals surface area (Å²) < 4.78 is 31.8. The number of aryl methyl sites for hydroxylation is 1. The van der Waals surface area contributed by atoms with Crippen molar-refractivity contribution in [3.63, 3.8) is 0 Å². The van der Waals surface area contributed by atoms with Crippen molar-refractivity contribution >= 4 is 18.5 Å². The smallest absolute Gasteiger partial charge is 0.399 e. The first-order valence-corrected chi connectivity index (χ1v) is 8.65. The van der Waals surface area contributed by atoms with E-state index in [1.165, 1.54) is 6.07 Å². The zero-order valence-corrected chi connectivity index (χ0v) is 15.4. The van der Waals surface area contributed by atoms with E-state index in [9.17, 15) is 9.18 Å². The Labute approximate surface area is 148 Å². The molecule has 1 N–H and O–H groups in total. The number of hydrogen-bond donors (Lipinski definition) is 1. The third-order valence-electron chi connectivity index (χ3n) is 5.33. The number of carbonyl (C=O) groups excluding carboxylic acids is 1. The zero-order chi connectivity index (χ0) is 18.4. The van der Waals surface area contributed by atoms with Gasteiger partial charge in [0.1, 0.15) is 5.82 Å². The molecule has 2 aliphatic rings. The summed E-state index contributed by atoms with van der Waals surface area (Å²) in [4.78, 5) is 12.4. The maximum Gasteiger partial charge on any atom is 0.494 e. The van der Waals surface area contributed by atoms with Gasteiger partial charge in [-0.05, 0) is 58.1 Å². The number of amides is 1. The van der Waals surface area contributed by atoms with Gasteiger partial charge < -0.3 is 19.4 Å². The second-order valence-corrected chi connectivity index (χ2v) is 7.82. The van der Waals surface area contributed by atoms with E-state index in [0.717, 1.165) is 6.42 Å². The Morgan fingerprint density at radius 1 is 1.24 bits per heavy atom. The Bertz CT molecular complexity index is 647. The van der Waals surface area contributed by atoms with Crippen LogP contribution in [-0.4, -0.2) is 43.5 Å². The van der Waals surface area contributed by atoms with Crippen LogP contribution in [0.5, 0.6) is 0 Å². The fraction of sp³-hybridized carbons (Fsp3) is 0.611. The molecule has 3 rings (SSSR count). The average molecular weight is 349 g/mol. The first-order chi connectivity index (χ1) is 11.6. The van der Waals surface area contributed by atoms with Gasteiger partial charge in [-0.2, -0.15) is 0 Å². The molecule has 0 aromatic heterocycles. The van der Waals surface area contributed by atoms with E-state index in [0.29, 0.717) is 24.2 Å². The van der Waals surface area contributed by atoms with Crippen molar-refractivity contribution in [2.45, 2.75) is 58.3 Å². The molecule has 0 aliphatic carbocycles. The molecule has 2 heterocycles. The van der Waals surface area contributed by atoms with Gasteiger partial charge in [0.15, 0.2) is 0 Å². The van der Waals surface area contributed by atoms with Crippen molar-refractivity contribution in [2.75, 3.05) is 13.2 Å². The molecule has 2 aliphatic heterocycles. The minimum absolute atomic E-state index is 0.0610. The van der Waals surface area contributed by atoms with E-state index in [2.05, 4.69) is 5.32 Å². The van der Waals surface area contributed by atoms with Crippen molar-refractivity contribution in [3.8, 4) is 0 Å². The van der Waals surface area contributed by atoms with Crippen molar-refractivity contribution in [3.05, 3.63) is 29.1 Å². The first-order valence-electron chi connectivity index (χ1n) is 8.65. The molecule has 2 saturated heterocycles. The fourth-order valence-corrected chi connectivity index (χ4v) is 3.08. The Hall–Kier alpha value is -1.44. The molecule has 136 valence electrons. The largest absolute Gasteiger partial charge is 0.494 e. The maximum atomic E-state index is 14.7. The Balaban J connectivity index is 1.82. The highest BCUT2D eigenvalue weighted by Crippen LogP contribution is 2.36. The molecule has 5 nitrogen and oxygen atoms in total. The summed E-state index contributed by atoms with van der Waals surface area (Å²) >= 11 is 0. The number of halogens is 1. The number of benzene rings is 1. The molecule has 25 heavy (non-hydrogen) atoms. The molecule has 0 radical (unpaired) electrons. The molecule has 1 aromatic rings. The van der Waals surface area contributed by atoms with Gasteiger partial charge >= 0.3 is 7.12 Å². The van der Waals surface area contributed by atoms with Crippen LogP contribution < -0.4 is 10.8 Å². The monoisotopic (exact) mass is 349 g/mol.